The molecule has 1 heteroatoms. The third kappa shape index (κ3) is 2.79. The van der Waals surface area contributed by atoms with Crippen LogP contribution in [-0.2, 0) is 0 Å². The Labute approximate surface area is 92.2 Å². The molecule has 0 unspecified atom stereocenters. The van der Waals surface area contributed by atoms with Gasteiger partial charge in [-0.3, -0.25) is 4.98 Å². The lowest BCUT2D eigenvalue weighted by molar-refractivity contribution is 0.830. The van der Waals surface area contributed by atoms with Gasteiger partial charge in [0.25, 0.3) is 0 Å². The summed E-state index contributed by atoms with van der Waals surface area (Å²) in [6, 6.07) is 12.5. The number of aromatic nitrogens is 1. The highest BCUT2D eigenvalue weighted by molar-refractivity contribution is 5.78. The molecule has 2 rings (SSSR count). The molecule has 0 saturated heterocycles. The second-order valence-electron chi connectivity index (χ2n) is 3.58. The number of benzene rings is 1. The Morgan fingerprint density at radius 1 is 0.933 bits per heavy atom. The van der Waals surface area contributed by atoms with E-state index in [1.165, 1.54) is 11.1 Å². The zero-order valence-electron chi connectivity index (χ0n) is 9.99. The summed E-state index contributed by atoms with van der Waals surface area (Å²) in [5.41, 5.74) is 2.26. The number of para-hydroxylation sites is 1. The van der Waals surface area contributed by atoms with Gasteiger partial charge in [0.1, 0.15) is 0 Å². The number of rotatable bonds is 1. The van der Waals surface area contributed by atoms with Crippen molar-refractivity contribution < 1.29 is 0 Å². The standard InChI is InChI=1S/C12H13N.C2H6/c1-9(2)11-8-7-10-5-3-4-6-12(10)13-11;1-2/h3-9H,1-2H3;1-2H3. The summed E-state index contributed by atoms with van der Waals surface area (Å²) in [5.74, 6) is 0.504. The molecule has 0 aliphatic rings. The highest BCUT2D eigenvalue weighted by atomic mass is 14.7. The molecule has 1 nitrogen and oxygen atoms in total. The van der Waals surface area contributed by atoms with E-state index in [2.05, 4.69) is 43.1 Å². The molecular formula is C14H19N. The predicted octanol–water partition coefficient (Wildman–Crippen LogP) is 4.38. The number of nitrogens with zero attached hydrogens (tertiary/aromatic N) is 1. The maximum absolute atomic E-state index is 4.57. The smallest absolute Gasteiger partial charge is 0.0705 e. The normalized spacial score (nSPS) is 9.93. The van der Waals surface area contributed by atoms with E-state index in [0.717, 1.165) is 5.52 Å². The van der Waals surface area contributed by atoms with Crippen molar-refractivity contribution in [1.29, 1.82) is 0 Å². The van der Waals surface area contributed by atoms with E-state index < -0.39 is 0 Å². The Morgan fingerprint density at radius 2 is 1.60 bits per heavy atom. The molecule has 80 valence electrons. The first kappa shape index (κ1) is 11.7. The van der Waals surface area contributed by atoms with Crippen molar-refractivity contribution in [3.63, 3.8) is 0 Å². The number of hydrogen-bond acceptors (Lipinski definition) is 1. The minimum absolute atomic E-state index is 0.504. The first-order chi connectivity index (χ1) is 7.27. The number of fused-ring (bicyclic) bond motifs is 1. The minimum Gasteiger partial charge on any atom is -0.253 e. The van der Waals surface area contributed by atoms with Gasteiger partial charge >= 0.3 is 0 Å². The van der Waals surface area contributed by atoms with E-state index in [0.29, 0.717) is 5.92 Å². The first-order valence-electron chi connectivity index (χ1n) is 5.63. The van der Waals surface area contributed by atoms with Gasteiger partial charge in [-0.2, -0.15) is 0 Å². The van der Waals surface area contributed by atoms with Crippen LogP contribution < -0.4 is 0 Å². The molecule has 0 aliphatic carbocycles. The van der Waals surface area contributed by atoms with Crippen LogP contribution >= 0.6 is 0 Å². The Balaban J connectivity index is 0.000000531. The van der Waals surface area contributed by atoms with E-state index >= 15 is 0 Å². The van der Waals surface area contributed by atoms with Gasteiger partial charge in [-0.05, 0) is 18.1 Å². The van der Waals surface area contributed by atoms with Crippen LogP contribution in [0.1, 0.15) is 39.3 Å². The average molecular weight is 201 g/mol. The molecule has 0 radical (unpaired) electrons. The van der Waals surface area contributed by atoms with E-state index in [1.54, 1.807) is 0 Å². The summed E-state index contributed by atoms with van der Waals surface area (Å²) in [5, 5.41) is 1.21. The maximum Gasteiger partial charge on any atom is 0.0705 e. The summed E-state index contributed by atoms with van der Waals surface area (Å²) in [6.07, 6.45) is 0. The van der Waals surface area contributed by atoms with Gasteiger partial charge in [0, 0.05) is 11.1 Å². The molecule has 0 amide bonds. The molecule has 0 N–H and O–H groups in total. The van der Waals surface area contributed by atoms with Crippen molar-refractivity contribution in [2.24, 2.45) is 0 Å². The minimum atomic E-state index is 0.504. The summed E-state index contributed by atoms with van der Waals surface area (Å²) in [6.45, 7) is 8.33. The van der Waals surface area contributed by atoms with Gasteiger partial charge in [-0.15, -0.1) is 0 Å². The van der Waals surface area contributed by atoms with Crippen molar-refractivity contribution in [1.82, 2.24) is 4.98 Å². The lowest BCUT2D eigenvalue weighted by Crippen LogP contribution is -1.91. The van der Waals surface area contributed by atoms with Crippen molar-refractivity contribution in [3.05, 3.63) is 42.1 Å². The summed E-state index contributed by atoms with van der Waals surface area (Å²) < 4.78 is 0. The highest BCUT2D eigenvalue weighted by Crippen LogP contribution is 2.16. The molecule has 1 aromatic carbocycles. The van der Waals surface area contributed by atoms with Crippen LogP contribution in [0.2, 0.25) is 0 Å². The monoisotopic (exact) mass is 201 g/mol. The fourth-order valence-corrected chi connectivity index (χ4v) is 1.40. The molecule has 0 aliphatic heterocycles. The third-order valence-corrected chi connectivity index (χ3v) is 2.21. The summed E-state index contributed by atoms with van der Waals surface area (Å²) in [4.78, 5) is 4.57. The van der Waals surface area contributed by atoms with E-state index in [1.807, 2.05) is 26.0 Å². The molecule has 15 heavy (non-hydrogen) atoms. The average Bonchev–Trinajstić information content (AvgIpc) is 2.31. The second-order valence-corrected chi connectivity index (χ2v) is 3.58. The maximum atomic E-state index is 4.57. The van der Waals surface area contributed by atoms with Gasteiger partial charge in [0.2, 0.25) is 0 Å². The molecule has 0 bridgehead atoms. The van der Waals surface area contributed by atoms with E-state index in [9.17, 15) is 0 Å². The third-order valence-electron chi connectivity index (χ3n) is 2.21. The summed E-state index contributed by atoms with van der Waals surface area (Å²) in [7, 11) is 0. The molecule has 0 spiro atoms. The van der Waals surface area contributed by atoms with E-state index in [-0.39, 0.29) is 0 Å². The quantitative estimate of drug-likeness (QED) is 0.667. The Morgan fingerprint density at radius 3 is 2.27 bits per heavy atom. The highest BCUT2D eigenvalue weighted by Gasteiger charge is 2.00. The molecule has 1 heterocycles. The fraction of sp³-hybridized carbons (Fsp3) is 0.357. The van der Waals surface area contributed by atoms with Crippen molar-refractivity contribution in [2.45, 2.75) is 33.6 Å². The molecule has 0 saturated carbocycles. The molecule has 1 aromatic heterocycles. The van der Waals surface area contributed by atoms with Crippen molar-refractivity contribution >= 4 is 10.9 Å². The number of pyridine rings is 1. The van der Waals surface area contributed by atoms with Gasteiger partial charge in [-0.1, -0.05) is 52.0 Å². The lowest BCUT2D eigenvalue weighted by Gasteiger charge is -2.04. The molecule has 2 aromatic rings. The van der Waals surface area contributed by atoms with Crippen LogP contribution in [-0.4, -0.2) is 4.98 Å². The largest absolute Gasteiger partial charge is 0.253 e. The SMILES string of the molecule is CC.CC(C)c1ccc2ccccc2n1. The van der Waals surface area contributed by atoms with Crippen molar-refractivity contribution in [3.8, 4) is 0 Å². The van der Waals surface area contributed by atoms with Crippen LogP contribution in [0.15, 0.2) is 36.4 Å². The van der Waals surface area contributed by atoms with Gasteiger partial charge in [0.15, 0.2) is 0 Å². The van der Waals surface area contributed by atoms with Gasteiger partial charge in [-0.25, -0.2) is 0 Å². The van der Waals surface area contributed by atoms with Gasteiger partial charge in [0.05, 0.1) is 5.52 Å². The number of hydrogen-bond donors (Lipinski definition) is 0. The topological polar surface area (TPSA) is 12.9 Å². The van der Waals surface area contributed by atoms with Gasteiger partial charge < -0.3 is 0 Å². The first-order valence-corrected chi connectivity index (χ1v) is 5.63. The lowest BCUT2D eigenvalue weighted by atomic mass is 10.1. The second kappa shape index (κ2) is 5.50. The van der Waals surface area contributed by atoms with Crippen molar-refractivity contribution in [2.75, 3.05) is 0 Å². The van der Waals surface area contributed by atoms with Crippen LogP contribution in [0.3, 0.4) is 0 Å². The molecule has 0 atom stereocenters. The molecular weight excluding hydrogens is 182 g/mol. The zero-order valence-corrected chi connectivity index (χ0v) is 9.99. The fourth-order valence-electron chi connectivity index (χ4n) is 1.40. The zero-order chi connectivity index (χ0) is 11.3. The predicted molar refractivity (Wildman–Crippen MR) is 67.2 cm³/mol. The van der Waals surface area contributed by atoms with Crippen LogP contribution in [0.5, 0.6) is 0 Å². The van der Waals surface area contributed by atoms with Crippen LogP contribution in [0, 0.1) is 0 Å². The van der Waals surface area contributed by atoms with Crippen LogP contribution in [0.25, 0.3) is 10.9 Å². The Hall–Kier alpha value is -1.37. The Bertz CT molecular complexity index is 418. The Kier molecular flexibility index (Phi) is 4.29. The summed E-state index contributed by atoms with van der Waals surface area (Å²) >= 11 is 0. The van der Waals surface area contributed by atoms with Crippen LogP contribution in [0.4, 0.5) is 0 Å². The van der Waals surface area contributed by atoms with E-state index in [4.69, 9.17) is 0 Å². The molecule has 0 fully saturated rings.